The molecule has 1 aromatic carbocycles. The van der Waals surface area contributed by atoms with E-state index in [9.17, 15) is 9.90 Å². The average Bonchev–Trinajstić information content (AvgIpc) is 2.50. The van der Waals surface area contributed by atoms with Crippen molar-refractivity contribution in [3.63, 3.8) is 0 Å². The summed E-state index contributed by atoms with van der Waals surface area (Å²) in [6.07, 6.45) is 0. The number of carbonyl (C=O) groups is 1. The van der Waals surface area contributed by atoms with Crippen LogP contribution in [-0.4, -0.2) is 33.1 Å². The molecule has 0 spiro atoms. The Kier molecular flexibility index (Phi) is 6.17. The summed E-state index contributed by atoms with van der Waals surface area (Å²) in [5.74, 6) is 4.59. The third-order valence-corrected chi connectivity index (χ3v) is 8.73. The minimum atomic E-state index is -1.98. The summed E-state index contributed by atoms with van der Waals surface area (Å²) in [5.41, 5.74) is -1.60. The second-order valence-electron chi connectivity index (χ2n) is 6.92. The van der Waals surface area contributed by atoms with Crippen molar-refractivity contribution in [1.82, 2.24) is 0 Å². The minimum Gasteiger partial charge on any atom is -0.466 e. The number of rotatable bonds is 4. The molecule has 4 nitrogen and oxygen atoms in total. The summed E-state index contributed by atoms with van der Waals surface area (Å²) in [6, 6.07) is 8.55. The highest BCUT2D eigenvalue weighted by Gasteiger charge is 2.38. The van der Waals surface area contributed by atoms with Crippen LogP contribution in [0.1, 0.15) is 26.3 Å². The van der Waals surface area contributed by atoms with Crippen LogP contribution in [0.4, 0.5) is 0 Å². The van der Waals surface area contributed by atoms with E-state index in [2.05, 4.69) is 45.7 Å². The molecular formula is C18H26O4Si. The summed E-state index contributed by atoms with van der Waals surface area (Å²) in [6.45, 7) is 10.8. The van der Waals surface area contributed by atoms with Crippen molar-refractivity contribution in [2.45, 2.75) is 44.5 Å². The zero-order valence-corrected chi connectivity index (χ0v) is 15.8. The topological polar surface area (TPSA) is 55.8 Å². The van der Waals surface area contributed by atoms with E-state index < -0.39 is 19.9 Å². The van der Waals surface area contributed by atoms with Gasteiger partial charge in [0.25, 0.3) is 0 Å². The van der Waals surface area contributed by atoms with Gasteiger partial charge in [0, 0.05) is 5.56 Å². The molecule has 0 bridgehead atoms. The van der Waals surface area contributed by atoms with Crippen molar-refractivity contribution in [2.75, 3.05) is 13.7 Å². The Morgan fingerprint density at radius 1 is 1.22 bits per heavy atom. The van der Waals surface area contributed by atoms with Crippen LogP contribution in [0.5, 0.6) is 0 Å². The quantitative estimate of drug-likeness (QED) is 0.522. The van der Waals surface area contributed by atoms with Gasteiger partial charge < -0.3 is 14.3 Å². The third-order valence-electron chi connectivity index (χ3n) is 4.25. The van der Waals surface area contributed by atoms with Crippen LogP contribution in [0.3, 0.4) is 0 Å². The van der Waals surface area contributed by atoms with Crippen molar-refractivity contribution in [3.8, 4) is 11.8 Å². The molecule has 0 aliphatic heterocycles. The number of aliphatic hydroxyl groups is 1. The van der Waals surface area contributed by atoms with Gasteiger partial charge in [-0.3, -0.25) is 0 Å². The van der Waals surface area contributed by atoms with Crippen molar-refractivity contribution < 1.29 is 19.1 Å². The number of esters is 1. The van der Waals surface area contributed by atoms with Gasteiger partial charge in [0.2, 0.25) is 5.60 Å². The highest BCUT2D eigenvalue weighted by atomic mass is 28.4. The zero-order valence-electron chi connectivity index (χ0n) is 14.8. The predicted molar refractivity (Wildman–Crippen MR) is 93.3 cm³/mol. The highest BCUT2D eigenvalue weighted by molar-refractivity contribution is 6.74. The molecule has 0 heterocycles. The molecule has 1 N–H and O–H groups in total. The van der Waals surface area contributed by atoms with Crippen LogP contribution in [0, 0.1) is 11.8 Å². The van der Waals surface area contributed by atoms with Gasteiger partial charge in [0.05, 0.1) is 13.7 Å². The Bertz CT molecular complexity index is 593. The Hall–Kier alpha value is -1.61. The minimum absolute atomic E-state index is 0.0762. The average molecular weight is 334 g/mol. The molecule has 0 aromatic heterocycles. The predicted octanol–water partition coefficient (Wildman–Crippen LogP) is 3.07. The molecule has 0 amide bonds. The molecule has 23 heavy (non-hydrogen) atoms. The smallest absolute Gasteiger partial charge is 0.355 e. The van der Waals surface area contributed by atoms with E-state index in [1.807, 2.05) is 0 Å². The van der Waals surface area contributed by atoms with Crippen LogP contribution < -0.4 is 0 Å². The lowest BCUT2D eigenvalue weighted by Crippen LogP contribution is -2.41. The molecule has 0 saturated heterocycles. The maximum absolute atomic E-state index is 12.0. The molecule has 0 aliphatic rings. The fourth-order valence-corrected chi connectivity index (χ4v) is 2.53. The van der Waals surface area contributed by atoms with E-state index in [0.717, 1.165) is 0 Å². The summed E-state index contributed by atoms with van der Waals surface area (Å²) >= 11 is 0. The van der Waals surface area contributed by atoms with Gasteiger partial charge in [-0.15, -0.1) is 0 Å². The lowest BCUT2D eigenvalue weighted by molar-refractivity contribution is -0.157. The summed E-state index contributed by atoms with van der Waals surface area (Å²) in [5, 5.41) is 10.7. The number of hydrogen-bond acceptors (Lipinski definition) is 4. The number of methoxy groups -OCH3 is 1. The Balaban J connectivity index is 2.96. The van der Waals surface area contributed by atoms with E-state index >= 15 is 0 Å². The highest BCUT2D eigenvalue weighted by Crippen LogP contribution is 2.36. The van der Waals surface area contributed by atoms with Gasteiger partial charge in [-0.2, -0.15) is 0 Å². The van der Waals surface area contributed by atoms with E-state index in [1.54, 1.807) is 30.3 Å². The Morgan fingerprint density at radius 2 is 1.78 bits per heavy atom. The number of carbonyl (C=O) groups excluding carboxylic acids is 1. The van der Waals surface area contributed by atoms with E-state index in [1.165, 1.54) is 7.11 Å². The Labute approximate surface area is 139 Å². The van der Waals surface area contributed by atoms with E-state index in [-0.39, 0.29) is 11.6 Å². The van der Waals surface area contributed by atoms with E-state index in [4.69, 9.17) is 9.16 Å². The number of hydrogen-bond donors (Lipinski definition) is 1. The first kappa shape index (κ1) is 19.4. The van der Waals surface area contributed by atoms with Crippen LogP contribution in [0.2, 0.25) is 18.1 Å². The van der Waals surface area contributed by atoms with Crippen molar-refractivity contribution in [2.24, 2.45) is 0 Å². The van der Waals surface area contributed by atoms with Crippen LogP contribution >= 0.6 is 0 Å². The second kappa shape index (κ2) is 7.31. The third kappa shape index (κ3) is 4.68. The molecular weight excluding hydrogens is 308 g/mol. The first-order valence-electron chi connectivity index (χ1n) is 7.55. The number of benzene rings is 1. The largest absolute Gasteiger partial charge is 0.466 e. The van der Waals surface area contributed by atoms with Gasteiger partial charge in [-0.1, -0.05) is 57.0 Å². The van der Waals surface area contributed by atoms with Gasteiger partial charge in [-0.05, 0) is 24.1 Å². The second-order valence-corrected chi connectivity index (χ2v) is 11.7. The van der Waals surface area contributed by atoms with Crippen molar-refractivity contribution >= 4 is 14.3 Å². The normalized spacial score (nSPS) is 14.4. The summed E-state index contributed by atoms with van der Waals surface area (Å²) in [7, 11) is -0.690. The first-order valence-corrected chi connectivity index (χ1v) is 10.5. The van der Waals surface area contributed by atoms with Crippen molar-refractivity contribution in [3.05, 3.63) is 35.9 Å². The lowest BCUT2D eigenvalue weighted by Gasteiger charge is -2.35. The molecule has 1 rings (SSSR count). The van der Waals surface area contributed by atoms with Gasteiger partial charge in [0.1, 0.15) is 0 Å². The Morgan fingerprint density at radius 3 is 2.26 bits per heavy atom. The lowest BCUT2D eigenvalue weighted by atomic mass is 9.94. The SMILES string of the molecule is COC(=O)[C@](O)(C#CCO[Si](C)(C)C(C)(C)C)c1ccccc1. The molecule has 1 aromatic rings. The fraction of sp³-hybridized carbons (Fsp3) is 0.500. The molecule has 0 saturated carbocycles. The standard InChI is InChI=1S/C18H26O4Si/c1-17(2,3)23(5,6)22-14-10-13-18(20,16(19)21-4)15-11-8-7-9-12-15/h7-9,11-12,20H,14H2,1-6H3/t18-/m0/s1. The van der Waals surface area contributed by atoms with Crippen LogP contribution in [0.15, 0.2) is 30.3 Å². The van der Waals surface area contributed by atoms with Gasteiger partial charge in [0.15, 0.2) is 8.32 Å². The van der Waals surface area contributed by atoms with Crippen LogP contribution in [0.25, 0.3) is 0 Å². The van der Waals surface area contributed by atoms with Gasteiger partial charge in [-0.25, -0.2) is 4.79 Å². The molecule has 126 valence electrons. The monoisotopic (exact) mass is 334 g/mol. The molecule has 0 aliphatic carbocycles. The maximum Gasteiger partial charge on any atom is 0.355 e. The van der Waals surface area contributed by atoms with E-state index in [0.29, 0.717) is 5.56 Å². The molecule has 5 heteroatoms. The zero-order chi connectivity index (χ0) is 17.7. The van der Waals surface area contributed by atoms with Crippen LogP contribution in [-0.2, 0) is 19.6 Å². The van der Waals surface area contributed by atoms with Gasteiger partial charge >= 0.3 is 5.97 Å². The van der Waals surface area contributed by atoms with Crippen molar-refractivity contribution in [1.29, 1.82) is 0 Å². The summed E-state index contributed by atoms with van der Waals surface area (Å²) < 4.78 is 10.6. The molecule has 0 unspecified atom stereocenters. The molecule has 0 fully saturated rings. The first-order chi connectivity index (χ1) is 10.5. The number of ether oxygens (including phenoxy) is 1. The molecule has 0 radical (unpaired) electrons. The summed E-state index contributed by atoms with van der Waals surface area (Å²) in [4.78, 5) is 12.0. The molecule has 1 atom stereocenters. The maximum atomic E-state index is 12.0. The fourth-order valence-electron chi connectivity index (χ4n) is 1.67.